The van der Waals surface area contributed by atoms with Gasteiger partial charge < -0.3 is 47.2 Å². The van der Waals surface area contributed by atoms with Crippen LogP contribution >= 0.6 is 0 Å². The molecular weight excluding hydrogens is 488 g/mol. The van der Waals surface area contributed by atoms with Gasteiger partial charge in [0, 0.05) is 0 Å². The largest absolute Gasteiger partial charge is 0.481 e. The number of amides is 3. The number of carboxylic acids is 1. The minimum absolute atomic E-state index is 0.0268. The monoisotopic (exact) mass is 526 g/mol. The van der Waals surface area contributed by atoms with Gasteiger partial charge in [-0.15, -0.1) is 0 Å². The van der Waals surface area contributed by atoms with Gasteiger partial charge in [-0.2, -0.15) is 0 Å². The van der Waals surface area contributed by atoms with Gasteiger partial charge in [-0.3, -0.25) is 19.2 Å². The van der Waals surface area contributed by atoms with Gasteiger partial charge in [0.1, 0.15) is 18.2 Å². The van der Waals surface area contributed by atoms with E-state index in [-0.39, 0.29) is 12.3 Å². The Hall–Kier alpha value is -3.10. The number of rotatable bonds is 15. The standard InChI is InChI=1S/C24H38N4O9/c1-12(2)9-16(27-22(35)13(3)25)23(36)28-17(11-29)19(32)20(33)21(34)24(37)26-15(10-18(30)31)14-7-5-4-6-8-14/h4-8,12-13,15-17,19-21,29,32-34H,9-11,25H2,1-3H3,(H,26,37)(H,27,35)(H,28,36)(H,30,31)/t13-,15+,16+,17+,19-,20-,21+/m1/s1. The molecule has 0 aliphatic heterocycles. The van der Waals surface area contributed by atoms with Crippen LogP contribution < -0.4 is 21.7 Å². The van der Waals surface area contributed by atoms with Crippen LogP contribution in [0.1, 0.15) is 45.2 Å². The molecule has 0 saturated heterocycles. The fourth-order valence-corrected chi connectivity index (χ4v) is 3.48. The lowest BCUT2D eigenvalue weighted by molar-refractivity contribution is -0.145. The van der Waals surface area contributed by atoms with Gasteiger partial charge in [0.05, 0.1) is 31.2 Å². The maximum atomic E-state index is 12.8. The van der Waals surface area contributed by atoms with Gasteiger partial charge in [-0.1, -0.05) is 44.2 Å². The van der Waals surface area contributed by atoms with Crippen LogP contribution in [0.25, 0.3) is 0 Å². The molecule has 0 aliphatic carbocycles. The lowest BCUT2D eigenvalue weighted by atomic mass is 9.98. The summed E-state index contributed by atoms with van der Waals surface area (Å²) in [5.41, 5.74) is 5.97. The van der Waals surface area contributed by atoms with Gasteiger partial charge >= 0.3 is 5.97 Å². The molecule has 37 heavy (non-hydrogen) atoms. The van der Waals surface area contributed by atoms with Gasteiger partial charge in [-0.05, 0) is 24.8 Å². The number of hydrogen-bond donors (Lipinski definition) is 9. The van der Waals surface area contributed by atoms with Crippen molar-refractivity contribution in [1.82, 2.24) is 16.0 Å². The van der Waals surface area contributed by atoms with Crippen LogP contribution in [0.4, 0.5) is 0 Å². The normalized spacial score (nSPS) is 17.0. The van der Waals surface area contributed by atoms with E-state index in [4.69, 9.17) is 10.8 Å². The zero-order valence-electron chi connectivity index (χ0n) is 21.1. The molecular formula is C24H38N4O9. The van der Waals surface area contributed by atoms with Crippen molar-refractivity contribution in [2.24, 2.45) is 11.7 Å². The van der Waals surface area contributed by atoms with Crippen LogP contribution in [0.15, 0.2) is 30.3 Å². The number of carbonyl (C=O) groups excluding carboxylic acids is 3. The molecule has 0 radical (unpaired) electrons. The summed E-state index contributed by atoms with van der Waals surface area (Å²) in [5, 5.41) is 57.2. The third kappa shape index (κ3) is 10.4. The zero-order valence-corrected chi connectivity index (χ0v) is 21.1. The molecule has 13 heteroatoms. The van der Waals surface area contributed by atoms with E-state index in [9.17, 15) is 39.6 Å². The Morgan fingerprint density at radius 2 is 1.46 bits per heavy atom. The van der Waals surface area contributed by atoms with Crippen molar-refractivity contribution in [2.75, 3.05) is 6.61 Å². The molecule has 3 amide bonds. The number of aliphatic hydroxyl groups is 4. The maximum Gasteiger partial charge on any atom is 0.305 e. The Balaban J connectivity index is 2.93. The number of nitrogens with two attached hydrogens (primary N) is 1. The van der Waals surface area contributed by atoms with Crippen molar-refractivity contribution in [3.05, 3.63) is 35.9 Å². The summed E-state index contributed by atoms with van der Waals surface area (Å²) in [4.78, 5) is 48.6. The Kier molecular flexibility index (Phi) is 13.1. The summed E-state index contributed by atoms with van der Waals surface area (Å²) in [6.07, 6.45) is -6.71. The van der Waals surface area contributed by atoms with E-state index in [1.807, 2.05) is 13.8 Å². The second kappa shape index (κ2) is 15.2. The van der Waals surface area contributed by atoms with E-state index < -0.39 is 79.2 Å². The van der Waals surface area contributed by atoms with Gasteiger partial charge in [-0.25, -0.2) is 0 Å². The molecule has 1 aromatic carbocycles. The minimum atomic E-state index is -2.23. The molecule has 0 unspecified atom stereocenters. The number of nitrogens with one attached hydrogen (secondary N) is 3. The lowest BCUT2D eigenvalue weighted by Crippen LogP contribution is -2.60. The number of benzene rings is 1. The van der Waals surface area contributed by atoms with Crippen molar-refractivity contribution in [3.8, 4) is 0 Å². The molecule has 0 heterocycles. The predicted octanol–water partition coefficient (Wildman–Crippen LogP) is -2.24. The molecule has 7 atom stereocenters. The lowest BCUT2D eigenvalue weighted by Gasteiger charge is -2.31. The van der Waals surface area contributed by atoms with Crippen LogP contribution in [-0.4, -0.2) is 92.3 Å². The van der Waals surface area contributed by atoms with Crippen LogP contribution in [0.3, 0.4) is 0 Å². The van der Waals surface area contributed by atoms with E-state index >= 15 is 0 Å². The average molecular weight is 527 g/mol. The summed E-state index contributed by atoms with van der Waals surface area (Å²) in [6, 6.07) is 3.58. The highest BCUT2D eigenvalue weighted by atomic mass is 16.4. The van der Waals surface area contributed by atoms with E-state index in [0.29, 0.717) is 5.56 Å². The molecule has 1 rings (SSSR count). The molecule has 0 aliphatic rings. The van der Waals surface area contributed by atoms with Crippen LogP contribution in [0, 0.1) is 5.92 Å². The first-order chi connectivity index (χ1) is 17.3. The van der Waals surface area contributed by atoms with Crippen molar-refractivity contribution in [3.63, 3.8) is 0 Å². The Morgan fingerprint density at radius 3 is 1.95 bits per heavy atom. The predicted molar refractivity (Wildman–Crippen MR) is 132 cm³/mol. The number of aliphatic carboxylic acids is 1. The minimum Gasteiger partial charge on any atom is -0.481 e. The topological polar surface area (TPSA) is 232 Å². The second-order valence-electron chi connectivity index (χ2n) is 9.27. The highest BCUT2D eigenvalue weighted by Crippen LogP contribution is 2.17. The van der Waals surface area contributed by atoms with Crippen molar-refractivity contribution >= 4 is 23.7 Å². The average Bonchev–Trinajstić information content (AvgIpc) is 2.84. The zero-order chi connectivity index (χ0) is 28.3. The first kappa shape index (κ1) is 31.9. The third-order valence-corrected chi connectivity index (χ3v) is 5.53. The summed E-state index contributed by atoms with van der Waals surface area (Å²) in [6.45, 7) is 4.17. The van der Waals surface area contributed by atoms with Gasteiger partial charge in [0.15, 0.2) is 6.10 Å². The highest BCUT2D eigenvalue weighted by Gasteiger charge is 2.37. The number of carboxylic acid groups (broad SMARTS) is 1. The fraction of sp³-hybridized carbons (Fsp3) is 0.583. The highest BCUT2D eigenvalue weighted by molar-refractivity contribution is 5.89. The Labute approximate surface area is 215 Å². The molecule has 0 bridgehead atoms. The van der Waals surface area contributed by atoms with Crippen LogP contribution in [0.5, 0.6) is 0 Å². The molecule has 208 valence electrons. The second-order valence-corrected chi connectivity index (χ2v) is 9.27. The number of hydrogen-bond acceptors (Lipinski definition) is 9. The SMILES string of the molecule is CC(C)C[C@H](NC(=O)[C@@H](C)N)C(=O)N[C@@H](CO)[C@@H](O)[C@@H](O)[C@H](O)C(=O)N[C@@H](CC(=O)O)c1ccccc1. The Morgan fingerprint density at radius 1 is 0.865 bits per heavy atom. The van der Waals surface area contributed by atoms with Gasteiger partial charge in [0.25, 0.3) is 5.91 Å². The van der Waals surface area contributed by atoms with Gasteiger partial charge in [0.2, 0.25) is 11.8 Å². The molecule has 10 N–H and O–H groups in total. The van der Waals surface area contributed by atoms with Crippen molar-refractivity contribution in [2.45, 2.75) is 76.1 Å². The first-order valence-corrected chi connectivity index (χ1v) is 11.9. The molecule has 0 fully saturated rings. The molecule has 1 aromatic rings. The first-order valence-electron chi connectivity index (χ1n) is 11.9. The van der Waals surface area contributed by atoms with Crippen LogP contribution in [-0.2, 0) is 19.2 Å². The molecule has 0 aromatic heterocycles. The van der Waals surface area contributed by atoms with Crippen LogP contribution in [0.2, 0.25) is 0 Å². The molecule has 0 saturated carbocycles. The van der Waals surface area contributed by atoms with Crippen molar-refractivity contribution < 1.29 is 44.7 Å². The summed E-state index contributed by atoms with van der Waals surface area (Å²) < 4.78 is 0. The fourth-order valence-electron chi connectivity index (χ4n) is 3.48. The Bertz CT molecular complexity index is 897. The summed E-state index contributed by atoms with van der Waals surface area (Å²) in [7, 11) is 0. The van der Waals surface area contributed by atoms with E-state index in [0.717, 1.165) is 0 Å². The number of carbonyl (C=O) groups is 4. The molecule has 0 spiro atoms. The summed E-state index contributed by atoms with van der Waals surface area (Å²) >= 11 is 0. The van der Waals surface area contributed by atoms with Crippen molar-refractivity contribution in [1.29, 1.82) is 0 Å². The van der Waals surface area contributed by atoms with E-state index in [2.05, 4.69) is 16.0 Å². The number of aliphatic hydroxyl groups excluding tert-OH is 4. The van der Waals surface area contributed by atoms with E-state index in [1.165, 1.54) is 6.92 Å². The van der Waals surface area contributed by atoms with E-state index in [1.54, 1.807) is 30.3 Å². The smallest absolute Gasteiger partial charge is 0.305 e. The third-order valence-electron chi connectivity index (χ3n) is 5.53. The summed E-state index contributed by atoms with van der Waals surface area (Å²) in [5.74, 6) is -3.80. The maximum absolute atomic E-state index is 12.8. The molecule has 13 nitrogen and oxygen atoms in total. The quantitative estimate of drug-likeness (QED) is 0.119.